The molecule has 1 aliphatic rings. The molecule has 0 radical (unpaired) electrons. The number of ether oxygens (including phenoxy) is 2. The molecule has 1 aliphatic heterocycles. The molecule has 10 nitrogen and oxygen atoms in total. The standard InChI is InChI=1S/C29H32N4O6S/c1-3-38-25-16-21(13-20-14-22(33(36)37)17-39-29(20)25)31-27(34)7-5-4-6-8-28(35)32-24-15-19(10-11-23(24)30)26-12-9-18(2)40-26/h9-16H,3-8,17,30H2,1-2H3,(H,31,34)(H,32,35). The normalized spacial score (nSPS) is 12.1. The smallest absolute Gasteiger partial charge is 0.284 e. The van der Waals surface area contributed by atoms with Crippen LogP contribution in [0.3, 0.4) is 0 Å². The van der Waals surface area contributed by atoms with Crippen molar-refractivity contribution in [3.63, 3.8) is 0 Å². The van der Waals surface area contributed by atoms with E-state index in [1.54, 1.807) is 29.5 Å². The summed E-state index contributed by atoms with van der Waals surface area (Å²) >= 11 is 1.68. The fourth-order valence-electron chi connectivity index (χ4n) is 4.28. The summed E-state index contributed by atoms with van der Waals surface area (Å²) in [4.78, 5) is 38.0. The molecule has 0 aliphatic carbocycles. The van der Waals surface area contributed by atoms with Crippen LogP contribution in [0.25, 0.3) is 16.5 Å². The minimum atomic E-state index is -0.493. The van der Waals surface area contributed by atoms with Crippen molar-refractivity contribution in [1.82, 2.24) is 0 Å². The number of thiophene rings is 1. The number of rotatable bonds is 12. The van der Waals surface area contributed by atoms with Crippen molar-refractivity contribution in [2.45, 2.75) is 46.0 Å². The van der Waals surface area contributed by atoms with E-state index < -0.39 is 4.92 Å². The lowest BCUT2D eigenvalue weighted by Gasteiger charge is -2.19. The third-order valence-electron chi connectivity index (χ3n) is 6.25. The molecule has 2 heterocycles. The zero-order valence-corrected chi connectivity index (χ0v) is 23.3. The number of benzene rings is 2. The number of hydrogen-bond acceptors (Lipinski definition) is 8. The number of hydrogen-bond donors (Lipinski definition) is 3. The average Bonchev–Trinajstić information content (AvgIpc) is 3.35. The topological polar surface area (TPSA) is 146 Å². The van der Waals surface area contributed by atoms with E-state index >= 15 is 0 Å². The quantitative estimate of drug-likeness (QED) is 0.102. The molecular formula is C29H32N4O6S. The largest absolute Gasteiger partial charge is 0.490 e. The Morgan fingerprint density at radius 3 is 2.50 bits per heavy atom. The van der Waals surface area contributed by atoms with Crippen LogP contribution in [-0.2, 0) is 9.59 Å². The van der Waals surface area contributed by atoms with Gasteiger partial charge in [-0.25, -0.2) is 0 Å². The lowest BCUT2D eigenvalue weighted by atomic mass is 10.1. The molecule has 4 N–H and O–H groups in total. The Morgan fingerprint density at radius 1 is 1.07 bits per heavy atom. The molecule has 2 amide bonds. The number of nitrogens with one attached hydrogen (secondary N) is 2. The minimum Gasteiger partial charge on any atom is -0.490 e. The molecule has 4 rings (SSSR count). The van der Waals surface area contributed by atoms with E-state index in [1.807, 2.05) is 32.0 Å². The highest BCUT2D eigenvalue weighted by molar-refractivity contribution is 7.15. The monoisotopic (exact) mass is 564 g/mol. The molecule has 1 aromatic heterocycles. The van der Waals surface area contributed by atoms with Crippen molar-refractivity contribution in [3.8, 4) is 21.9 Å². The maximum absolute atomic E-state index is 12.5. The van der Waals surface area contributed by atoms with Gasteiger partial charge in [-0.2, -0.15) is 0 Å². The summed E-state index contributed by atoms with van der Waals surface area (Å²) < 4.78 is 11.2. The number of nitrogen functional groups attached to an aromatic ring is 1. The predicted molar refractivity (Wildman–Crippen MR) is 157 cm³/mol. The van der Waals surface area contributed by atoms with Gasteiger partial charge in [0.15, 0.2) is 18.1 Å². The van der Waals surface area contributed by atoms with Gasteiger partial charge in [0.25, 0.3) is 5.70 Å². The van der Waals surface area contributed by atoms with E-state index in [2.05, 4.69) is 16.7 Å². The van der Waals surface area contributed by atoms with Crippen molar-refractivity contribution < 1.29 is 24.0 Å². The number of nitrogens with zero attached hydrogens (tertiary/aromatic N) is 1. The number of nitro groups is 1. The van der Waals surface area contributed by atoms with E-state index in [0.717, 1.165) is 10.4 Å². The van der Waals surface area contributed by atoms with Crippen molar-refractivity contribution in [3.05, 3.63) is 68.7 Å². The molecule has 0 atom stereocenters. The molecule has 0 fully saturated rings. The summed E-state index contributed by atoms with van der Waals surface area (Å²) in [6.07, 6.45) is 3.94. The summed E-state index contributed by atoms with van der Waals surface area (Å²) in [6, 6.07) is 13.0. The molecule has 0 unspecified atom stereocenters. The zero-order chi connectivity index (χ0) is 28.6. The van der Waals surface area contributed by atoms with Gasteiger partial charge in [-0.3, -0.25) is 19.7 Å². The fourth-order valence-corrected chi connectivity index (χ4v) is 5.15. The van der Waals surface area contributed by atoms with Crippen LogP contribution in [-0.4, -0.2) is 30.0 Å². The Bertz CT molecular complexity index is 1450. The minimum absolute atomic E-state index is 0.0737. The highest BCUT2D eigenvalue weighted by atomic mass is 32.1. The fraction of sp³-hybridized carbons (Fsp3) is 0.310. The molecular weight excluding hydrogens is 532 g/mol. The van der Waals surface area contributed by atoms with Crippen LogP contribution in [0.5, 0.6) is 11.5 Å². The first-order valence-corrected chi connectivity index (χ1v) is 13.9. The molecule has 0 saturated carbocycles. The van der Waals surface area contributed by atoms with Gasteiger partial charge < -0.3 is 25.8 Å². The van der Waals surface area contributed by atoms with Gasteiger partial charge in [0.2, 0.25) is 11.8 Å². The van der Waals surface area contributed by atoms with Crippen molar-refractivity contribution in [1.29, 1.82) is 0 Å². The Balaban J connectivity index is 1.24. The van der Waals surface area contributed by atoms with Crippen LogP contribution in [0, 0.1) is 17.0 Å². The second-order valence-electron chi connectivity index (χ2n) is 9.38. The molecule has 2 aromatic carbocycles. The summed E-state index contributed by atoms with van der Waals surface area (Å²) in [5.74, 6) is 0.503. The third-order valence-corrected chi connectivity index (χ3v) is 7.30. The van der Waals surface area contributed by atoms with Crippen LogP contribution in [0.1, 0.15) is 49.5 Å². The Morgan fingerprint density at radius 2 is 1.82 bits per heavy atom. The maximum atomic E-state index is 12.5. The lowest BCUT2D eigenvalue weighted by Crippen LogP contribution is -2.16. The van der Waals surface area contributed by atoms with Crippen LogP contribution in [0.2, 0.25) is 0 Å². The number of amides is 2. The number of unbranched alkanes of at least 4 members (excludes halogenated alkanes) is 2. The van der Waals surface area contributed by atoms with E-state index in [4.69, 9.17) is 15.2 Å². The number of anilines is 3. The Labute approximate surface area is 236 Å². The van der Waals surface area contributed by atoms with E-state index in [1.165, 1.54) is 11.0 Å². The second-order valence-corrected chi connectivity index (χ2v) is 10.7. The number of carbonyl (C=O) groups is 2. The average molecular weight is 565 g/mol. The number of fused-ring (bicyclic) bond motifs is 1. The Hall–Kier alpha value is -4.38. The highest BCUT2D eigenvalue weighted by Gasteiger charge is 2.24. The lowest BCUT2D eigenvalue weighted by molar-refractivity contribution is -0.427. The summed E-state index contributed by atoms with van der Waals surface area (Å²) in [6.45, 7) is 4.08. The van der Waals surface area contributed by atoms with Crippen LogP contribution in [0.15, 0.2) is 48.2 Å². The molecule has 0 bridgehead atoms. The van der Waals surface area contributed by atoms with E-state index in [0.29, 0.717) is 66.4 Å². The van der Waals surface area contributed by atoms with Gasteiger partial charge in [-0.05, 0) is 62.6 Å². The predicted octanol–water partition coefficient (Wildman–Crippen LogP) is 6.24. The highest BCUT2D eigenvalue weighted by Crippen LogP contribution is 2.39. The molecule has 40 heavy (non-hydrogen) atoms. The van der Waals surface area contributed by atoms with Gasteiger partial charge in [0, 0.05) is 46.0 Å². The van der Waals surface area contributed by atoms with Gasteiger partial charge in [0.05, 0.1) is 22.9 Å². The first-order valence-electron chi connectivity index (χ1n) is 13.1. The van der Waals surface area contributed by atoms with Gasteiger partial charge >= 0.3 is 0 Å². The molecule has 3 aromatic rings. The maximum Gasteiger partial charge on any atom is 0.284 e. The number of carbonyl (C=O) groups excluding carboxylic acids is 2. The van der Waals surface area contributed by atoms with Crippen LogP contribution >= 0.6 is 11.3 Å². The summed E-state index contributed by atoms with van der Waals surface area (Å²) in [7, 11) is 0. The van der Waals surface area contributed by atoms with Crippen molar-refractivity contribution >= 4 is 46.3 Å². The summed E-state index contributed by atoms with van der Waals surface area (Å²) in [5, 5.41) is 16.9. The van der Waals surface area contributed by atoms with Crippen LogP contribution < -0.4 is 25.8 Å². The molecule has 11 heteroatoms. The van der Waals surface area contributed by atoms with E-state index in [-0.39, 0.29) is 30.5 Å². The second kappa shape index (κ2) is 13.1. The van der Waals surface area contributed by atoms with Gasteiger partial charge in [-0.15, -0.1) is 11.3 Å². The van der Waals surface area contributed by atoms with Crippen LogP contribution in [0.4, 0.5) is 17.1 Å². The number of aryl methyl sites for hydroxylation is 1. The molecule has 0 spiro atoms. The van der Waals surface area contributed by atoms with Crippen molar-refractivity contribution in [2.75, 3.05) is 29.6 Å². The first-order chi connectivity index (χ1) is 19.2. The summed E-state index contributed by atoms with van der Waals surface area (Å²) in [5.41, 5.74) is 9.04. The molecule has 210 valence electrons. The SMILES string of the molecule is CCOc1cc(NC(=O)CCCCCC(=O)Nc2cc(-c3ccc(C)s3)ccc2N)cc2c1OCC([N+](=O)[O-])=C2. The van der Waals surface area contributed by atoms with E-state index in [9.17, 15) is 19.7 Å². The Kier molecular flexibility index (Phi) is 9.39. The van der Waals surface area contributed by atoms with Gasteiger partial charge in [-0.1, -0.05) is 12.5 Å². The number of nitrogens with two attached hydrogens (primary N) is 1. The first kappa shape index (κ1) is 28.6. The molecule has 0 saturated heterocycles. The zero-order valence-electron chi connectivity index (χ0n) is 22.5. The third kappa shape index (κ3) is 7.38. The van der Waals surface area contributed by atoms with Gasteiger partial charge in [0.1, 0.15) is 0 Å². The van der Waals surface area contributed by atoms with Crippen molar-refractivity contribution in [2.24, 2.45) is 0 Å².